The van der Waals surface area contributed by atoms with Crippen LogP contribution in [0.15, 0.2) is 12.3 Å². The summed E-state index contributed by atoms with van der Waals surface area (Å²) in [4.78, 5) is 4.02. The topological polar surface area (TPSA) is 59.1 Å². The number of aryl methyl sites for hydroxylation is 1. The number of hydrogen-bond donors (Lipinski definition) is 1. The Morgan fingerprint density at radius 2 is 2.17 bits per heavy atom. The van der Waals surface area contributed by atoms with Crippen molar-refractivity contribution in [1.29, 1.82) is 0 Å². The van der Waals surface area contributed by atoms with Crippen molar-refractivity contribution in [3.63, 3.8) is 0 Å². The molecular formula is C12H17ClN2O2S. The summed E-state index contributed by atoms with van der Waals surface area (Å²) in [6.07, 6.45) is 5.43. The van der Waals surface area contributed by atoms with Crippen LogP contribution in [0.25, 0.3) is 0 Å². The van der Waals surface area contributed by atoms with Crippen LogP contribution in [-0.4, -0.2) is 30.9 Å². The molecule has 2 rings (SSSR count). The average Bonchev–Trinajstić information content (AvgIpc) is 2.71. The van der Waals surface area contributed by atoms with Crippen molar-refractivity contribution >= 4 is 27.1 Å². The molecule has 1 aromatic heterocycles. The number of hydrogen-bond acceptors (Lipinski definition) is 4. The van der Waals surface area contributed by atoms with Gasteiger partial charge in [-0.05, 0) is 37.8 Å². The standard InChI is InChI=1S/C12H17ClN2O2S/c1-8-6-7-14-12(13)11(8)15-9-4-3-5-10(9)18(2,16)17/h6-7,9-10,15H,3-5H2,1-2H3. The molecule has 1 fully saturated rings. The number of aromatic nitrogens is 1. The van der Waals surface area contributed by atoms with Crippen LogP contribution in [0, 0.1) is 6.92 Å². The molecule has 0 aromatic carbocycles. The molecule has 1 heterocycles. The third-order valence-corrected chi connectivity index (χ3v) is 5.40. The molecule has 2 unspecified atom stereocenters. The van der Waals surface area contributed by atoms with Crippen molar-refractivity contribution in [2.45, 2.75) is 37.5 Å². The Balaban J connectivity index is 2.24. The highest BCUT2D eigenvalue weighted by atomic mass is 35.5. The predicted octanol–water partition coefficient (Wildman–Crippen LogP) is 2.42. The molecule has 1 saturated carbocycles. The molecule has 1 N–H and O–H groups in total. The first-order chi connectivity index (χ1) is 8.39. The van der Waals surface area contributed by atoms with Gasteiger partial charge in [0, 0.05) is 18.5 Å². The molecule has 1 aliphatic rings. The second-order valence-corrected chi connectivity index (χ2v) is 7.47. The summed E-state index contributed by atoms with van der Waals surface area (Å²) in [5, 5.41) is 3.33. The molecule has 0 aliphatic heterocycles. The van der Waals surface area contributed by atoms with E-state index in [0.29, 0.717) is 11.6 Å². The Morgan fingerprint density at radius 1 is 1.44 bits per heavy atom. The van der Waals surface area contributed by atoms with Gasteiger partial charge in [0.1, 0.15) is 0 Å². The van der Waals surface area contributed by atoms with Crippen molar-refractivity contribution in [2.75, 3.05) is 11.6 Å². The number of halogens is 1. The molecule has 1 aliphatic carbocycles. The minimum absolute atomic E-state index is 0.0691. The lowest BCUT2D eigenvalue weighted by Gasteiger charge is -2.22. The van der Waals surface area contributed by atoms with Gasteiger partial charge in [0.05, 0.1) is 10.9 Å². The molecule has 1 aromatic rings. The van der Waals surface area contributed by atoms with Crippen molar-refractivity contribution in [2.24, 2.45) is 0 Å². The number of nitrogens with one attached hydrogen (secondary N) is 1. The van der Waals surface area contributed by atoms with E-state index in [0.717, 1.165) is 24.1 Å². The maximum absolute atomic E-state index is 11.7. The fourth-order valence-electron chi connectivity index (χ4n) is 2.49. The minimum Gasteiger partial charge on any atom is -0.378 e. The van der Waals surface area contributed by atoms with E-state index in [-0.39, 0.29) is 11.3 Å². The Morgan fingerprint density at radius 3 is 2.78 bits per heavy atom. The predicted molar refractivity (Wildman–Crippen MR) is 73.9 cm³/mol. The Labute approximate surface area is 113 Å². The number of nitrogens with zero attached hydrogens (tertiary/aromatic N) is 1. The first-order valence-electron chi connectivity index (χ1n) is 5.96. The van der Waals surface area contributed by atoms with Gasteiger partial charge in [-0.15, -0.1) is 0 Å². The van der Waals surface area contributed by atoms with Gasteiger partial charge in [0.25, 0.3) is 0 Å². The zero-order valence-electron chi connectivity index (χ0n) is 10.5. The molecular weight excluding hydrogens is 272 g/mol. The van der Waals surface area contributed by atoms with E-state index in [1.807, 2.05) is 13.0 Å². The second-order valence-electron chi connectivity index (χ2n) is 4.84. The third kappa shape index (κ3) is 2.78. The van der Waals surface area contributed by atoms with Crippen LogP contribution in [0.4, 0.5) is 5.69 Å². The Kier molecular flexibility index (Phi) is 3.82. The van der Waals surface area contributed by atoms with Crippen molar-refractivity contribution in [3.8, 4) is 0 Å². The molecule has 18 heavy (non-hydrogen) atoms. The zero-order chi connectivity index (χ0) is 13.3. The fourth-order valence-corrected chi connectivity index (χ4v) is 4.14. The lowest BCUT2D eigenvalue weighted by atomic mass is 10.2. The van der Waals surface area contributed by atoms with Crippen LogP contribution >= 0.6 is 11.6 Å². The number of sulfone groups is 1. The summed E-state index contributed by atoms with van der Waals surface area (Å²) in [6, 6.07) is 1.79. The summed E-state index contributed by atoms with van der Waals surface area (Å²) in [6.45, 7) is 1.93. The van der Waals surface area contributed by atoms with Gasteiger partial charge < -0.3 is 5.32 Å². The summed E-state index contributed by atoms with van der Waals surface area (Å²) < 4.78 is 23.4. The van der Waals surface area contributed by atoms with E-state index in [9.17, 15) is 8.42 Å². The van der Waals surface area contributed by atoms with E-state index in [4.69, 9.17) is 11.6 Å². The largest absolute Gasteiger partial charge is 0.378 e. The molecule has 0 spiro atoms. The maximum Gasteiger partial charge on any atom is 0.152 e. The van der Waals surface area contributed by atoms with Gasteiger partial charge in [0.2, 0.25) is 0 Å². The van der Waals surface area contributed by atoms with Crippen LogP contribution in [0.3, 0.4) is 0 Å². The molecule has 0 saturated heterocycles. The van der Waals surface area contributed by atoms with Gasteiger partial charge in [-0.1, -0.05) is 11.6 Å². The quantitative estimate of drug-likeness (QED) is 0.868. The molecule has 0 bridgehead atoms. The van der Waals surface area contributed by atoms with E-state index >= 15 is 0 Å². The van der Waals surface area contributed by atoms with E-state index < -0.39 is 9.84 Å². The number of pyridine rings is 1. The van der Waals surface area contributed by atoms with Crippen LogP contribution in [0.1, 0.15) is 24.8 Å². The summed E-state index contributed by atoms with van der Waals surface area (Å²) in [7, 11) is -3.02. The van der Waals surface area contributed by atoms with Crippen LogP contribution < -0.4 is 5.32 Å². The zero-order valence-corrected chi connectivity index (χ0v) is 12.1. The Bertz CT molecular complexity index is 525. The molecule has 6 heteroatoms. The first kappa shape index (κ1) is 13.6. The highest BCUT2D eigenvalue weighted by Gasteiger charge is 2.35. The summed E-state index contributed by atoms with van der Waals surface area (Å²) in [5.41, 5.74) is 1.73. The first-order valence-corrected chi connectivity index (χ1v) is 8.29. The van der Waals surface area contributed by atoms with Crippen molar-refractivity contribution < 1.29 is 8.42 Å². The van der Waals surface area contributed by atoms with E-state index in [1.165, 1.54) is 6.26 Å². The lowest BCUT2D eigenvalue weighted by Crippen LogP contribution is -2.34. The maximum atomic E-state index is 11.7. The second kappa shape index (κ2) is 5.05. The molecule has 2 atom stereocenters. The average molecular weight is 289 g/mol. The van der Waals surface area contributed by atoms with Crippen LogP contribution in [-0.2, 0) is 9.84 Å². The monoisotopic (exact) mass is 288 g/mol. The highest BCUT2D eigenvalue weighted by molar-refractivity contribution is 7.91. The normalized spacial score (nSPS) is 24.2. The SMILES string of the molecule is Cc1ccnc(Cl)c1NC1CCCC1S(C)(=O)=O. The van der Waals surface area contributed by atoms with Gasteiger partial charge in [-0.2, -0.15) is 0 Å². The Hall–Kier alpha value is -0.810. The van der Waals surface area contributed by atoms with Gasteiger partial charge in [0.15, 0.2) is 15.0 Å². The summed E-state index contributed by atoms with van der Waals surface area (Å²) in [5.74, 6) is 0. The molecule has 100 valence electrons. The lowest BCUT2D eigenvalue weighted by molar-refractivity contribution is 0.579. The smallest absolute Gasteiger partial charge is 0.152 e. The molecule has 4 nitrogen and oxygen atoms in total. The van der Waals surface area contributed by atoms with Gasteiger partial charge in [-0.3, -0.25) is 0 Å². The van der Waals surface area contributed by atoms with Crippen LogP contribution in [0.2, 0.25) is 5.15 Å². The van der Waals surface area contributed by atoms with Crippen molar-refractivity contribution in [1.82, 2.24) is 4.98 Å². The van der Waals surface area contributed by atoms with Crippen LogP contribution in [0.5, 0.6) is 0 Å². The fraction of sp³-hybridized carbons (Fsp3) is 0.583. The number of rotatable bonds is 3. The van der Waals surface area contributed by atoms with E-state index in [1.54, 1.807) is 6.20 Å². The number of anilines is 1. The molecule has 0 amide bonds. The summed E-state index contributed by atoms with van der Waals surface area (Å²) >= 11 is 6.05. The minimum atomic E-state index is -3.02. The van der Waals surface area contributed by atoms with Gasteiger partial charge >= 0.3 is 0 Å². The van der Waals surface area contributed by atoms with E-state index in [2.05, 4.69) is 10.3 Å². The van der Waals surface area contributed by atoms with Gasteiger partial charge in [-0.25, -0.2) is 13.4 Å². The molecule has 0 radical (unpaired) electrons. The third-order valence-electron chi connectivity index (χ3n) is 3.45. The highest BCUT2D eigenvalue weighted by Crippen LogP contribution is 2.31. The van der Waals surface area contributed by atoms with Crippen molar-refractivity contribution in [3.05, 3.63) is 23.0 Å².